The first-order valence-electron chi connectivity index (χ1n) is 5.14. The third kappa shape index (κ3) is 2.83. The van der Waals surface area contributed by atoms with Crippen molar-refractivity contribution in [2.75, 3.05) is 13.1 Å². The summed E-state index contributed by atoms with van der Waals surface area (Å²) in [5.74, 6) is 0. The van der Waals surface area contributed by atoms with E-state index in [1.165, 1.54) is 5.06 Å². The molecule has 1 heterocycles. The van der Waals surface area contributed by atoms with E-state index in [2.05, 4.69) is 12.6 Å². The van der Waals surface area contributed by atoms with Crippen LogP contribution in [0.4, 0.5) is 0 Å². The Morgan fingerprint density at radius 3 is 3.00 bits per heavy atom. The van der Waals surface area contributed by atoms with Crippen molar-refractivity contribution in [1.29, 1.82) is 5.26 Å². The second-order valence-corrected chi connectivity index (χ2v) is 4.14. The summed E-state index contributed by atoms with van der Waals surface area (Å²) in [4.78, 5) is 0. The second-order valence-electron chi connectivity index (χ2n) is 4.14. The van der Waals surface area contributed by atoms with Crippen LogP contribution < -0.4 is 0 Å². The Labute approximate surface area is 85.6 Å². The Balaban J connectivity index is 2.59. The molecule has 1 N–H and O–H groups in total. The minimum atomic E-state index is 0.0878. The molecule has 78 valence electrons. The van der Waals surface area contributed by atoms with Crippen molar-refractivity contribution >= 4 is 0 Å². The summed E-state index contributed by atoms with van der Waals surface area (Å²) in [5.41, 5.74) is 0.0878. The molecule has 0 aromatic rings. The van der Waals surface area contributed by atoms with Crippen LogP contribution in [0.25, 0.3) is 0 Å². The molecule has 0 unspecified atom stereocenters. The van der Waals surface area contributed by atoms with E-state index in [9.17, 15) is 5.21 Å². The first kappa shape index (κ1) is 11.2. The Bertz CT molecular complexity index is 234. The van der Waals surface area contributed by atoms with Crippen molar-refractivity contribution in [1.82, 2.24) is 5.06 Å². The van der Waals surface area contributed by atoms with E-state index >= 15 is 0 Å². The lowest BCUT2D eigenvalue weighted by Gasteiger charge is -2.39. The molecule has 0 radical (unpaired) electrons. The fourth-order valence-corrected chi connectivity index (χ4v) is 2.28. The van der Waals surface area contributed by atoms with Crippen molar-refractivity contribution in [2.45, 2.75) is 32.1 Å². The van der Waals surface area contributed by atoms with Crippen molar-refractivity contribution in [3.63, 3.8) is 0 Å². The molecule has 1 fully saturated rings. The largest absolute Gasteiger partial charge is 0.314 e. The maximum Gasteiger partial charge on any atom is 0.0621 e. The van der Waals surface area contributed by atoms with Crippen LogP contribution in [0.15, 0.2) is 12.7 Å². The quantitative estimate of drug-likeness (QED) is 0.699. The summed E-state index contributed by atoms with van der Waals surface area (Å²) in [7, 11) is 0. The van der Waals surface area contributed by atoms with Gasteiger partial charge < -0.3 is 5.21 Å². The van der Waals surface area contributed by atoms with Crippen LogP contribution >= 0.6 is 0 Å². The van der Waals surface area contributed by atoms with Gasteiger partial charge in [-0.15, -0.1) is 6.58 Å². The maximum absolute atomic E-state index is 9.49. The van der Waals surface area contributed by atoms with Crippen LogP contribution in [0.2, 0.25) is 0 Å². The van der Waals surface area contributed by atoms with Crippen molar-refractivity contribution in [3.05, 3.63) is 12.7 Å². The molecule has 0 aliphatic carbocycles. The smallest absolute Gasteiger partial charge is 0.0621 e. The standard InChI is InChI=1S/C11H18N2O/c1-2-5-11(6-3-8-12)7-4-9-13(14)10-11/h2,14H,1,3-7,9-10H2/t11-/m0/s1. The highest BCUT2D eigenvalue weighted by molar-refractivity contribution is 4.92. The van der Waals surface area contributed by atoms with Gasteiger partial charge >= 0.3 is 0 Å². The summed E-state index contributed by atoms with van der Waals surface area (Å²) >= 11 is 0. The van der Waals surface area contributed by atoms with E-state index in [4.69, 9.17) is 5.26 Å². The molecule has 3 heteroatoms. The molecule has 3 nitrogen and oxygen atoms in total. The molecule has 0 spiro atoms. The number of rotatable bonds is 4. The molecule has 1 aliphatic heterocycles. The average molecular weight is 194 g/mol. The third-order valence-corrected chi connectivity index (χ3v) is 2.99. The fraction of sp³-hybridized carbons (Fsp3) is 0.727. The molecule has 0 amide bonds. The van der Waals surface area contributed by atoms with Gasteiger partial charge in [-0.2, -0.15) is 10.3 Å². The van der Waals surface area contributed by atoms with Crippen LogP contribution in [0.3, 0.4) is 0 Å². The van der Waals surface area contributed by atoms with E-state index in [0.29, 0.717) is 13.0 Å². The summed E-state index contributed by atoms with van der Waals surface area (Å²) in [6, 6.07) is 2.18. The zero-order valence-electron chi connectivity index (χ0n) is 8.58. The monoisotopic (exact) mass is 194 g/mol. The highest BCUT2D eigenvalue weighted by atomic mass is 16.5. The van der Waals surface area contributed by atoms with Gasteiger partial charge in [0.1, 0.15) is 0 Å². The fourth-order valence-electron chi connectivity index (χ4n) is 2.28. The number of hydrogen-bond donors (Lipinski definition) is 1. The zero-order valence-corrected chi connectivity index (χ0v) is 8.58. The number of hydroxylamine groups is 2. The van der Waals surface area contributed by atoms with Crippen LogP contribution in [-0.4, -0.2) is 23.4 Å². The minimum Gasteiger partial charge on any atom is -0.314 e. The molecular weight excluding hydrogens is 176 g/mol. The molecule has 1 atom stereocenters. The Morgan fingerprint density at radius 1 is 1.64 bits per heavy atom. The highest BCUT2D eigenvalue weighted by Crippen LogP contribution is 2.37. The first-order valence-corrected chi connectivity index (χ1v) is 5.14. The lowest BCUT2D eigenvalue weighted by Crippen LogP contribution is -2.41. The van der Waals surface area contributed by atoms with E-state index in [1.54, 1.807) is 0 Å². The van der Waals surface area contributed by atoms with Crippen molar-refractivity contribution < 1.29 is 5.21 Å². The van der Waals surface area contributed by atoms with Gasteiger partial charge in [-0.3, -0.25) is 0 Å². The molecule has 0 saturated carbocycles. The summed E-state index contributed by atoms with van der Waals surface area (Å²) in [5, 5.41) is 19.5. The molecule has 1 saturated heterocycles. The molecule has 1 rings (SSSR count). The van der Waals surface area contributed by atoms with Gasteiger partial charge in [-0.25, -0.2) is 0 Å². The van der Waals surface area contributed by atoms with Crippen LogP contribution in [0, 0.1) is 16.7 Å². The van der Waals surface area contributed by atoms with Gasteiger partial charge in [0, 0.05) is 19.5 Å². The average Bonchev–Trinajstić information content (AvgIpc) is 2.15. The summed E-state index contributed by atoms with van der Waals surface area (Å²) < 4.78 is 0. The van der Waals surface area contributed by atoms with Crippen LogP contribution in [0.5, 0.6) is 0 Å². The zero-order chi connectivity index (χ0) is 10.4. The molecule has 0 aromatic heterocycles. The summed E-state index contributed by atoms with van der Waals surface area (Å²) in [6.45, 7) is 5.19. The number of nitrogens with zero attached hydrogens (tertiary/aromatic N) is 2. The predicted molar refractivity (Wildman–Crippen MR) is 54.7 cm³/mol. The van der Waals surface area contributed by atoms with Gasteiger partial charge in [-0.05, 0) is 31.1 Å². The molecule has 14 heavy (non-hydrogen) atoms. The van der Waals surface area contributed by atoms with Gasteiger partial charge in [0.05, 0.1) is 6.07 Å². The highest BCUT2D eigenvalue weighted by Gasteiger charge is 2.33. The van der Waals surface area contributed by atoms with E-state index in [0.717, 1.165) is 32.2 Å². The molecule has 0 bridgehead atoms. The van der Waals surface area contributed by atoms with Crippen LogP contribution in [0.1, 0.15) is 32.1 Å². The Hall–Kier alpha value is -0.850. The van der Waals surface area contributed by atoms with Gasteiger partial charge in [-0.1, -0.05) is 6.08 Å². The SMILES string of the molecule is C=CC[C@]1(CCC#N)CCCN(O)C1. The number of nitriles is 1. The minimum absolute atomic E-state index is 0.0878. The van der Waals surface area contributed by atoms with Gasteiger partial charge in [0.25, 0.3) is 0 Å². The predicted octanol–water partition coefficient (Wildman–Crippen LogP) is 2.34. The normalized spacial score (nSPS) is 28.3. The topological polar surface area (TPSA) is 47.3 Å². The Kier molecular flexibility index (Phi) is 4.12. The van der Waals surface area contributed by atoms with Gasteiger partial charge in [0.15, 0.2) is 0 Å². The van der Waals surface area contributed by atoms with E-state index < -0.39 is 0 Å². The van der Waals surface area contributed by atoms with Crippen LogP contribution in [-0.2, 0) is 0 Å². The number of piperidine rings is 1. The maximum atomic E-state index is 9.49. The van der Waals surface area contributed by atoms with Crippen molar-refractivity contribution in [3.8, 4) is 6.07 Å². The summed E-state index contributed by atoms with van der Waals surface area (Å²) in [6.07, 6.45) is 6.34. The number of allylic oxidation sites excluding steroid dienone is 1. The van der Waals surface area contributed by atoms with E-state index in [-0.39, 0.29) is 5.41 Å². The van der Waals surface area contributed by atoms with Crippen molar-refractivity contribution in [2.24, 2.45) is 5.41 Å². The lowest BCUT2D eigenvalue weighted by molar-refractivity contribution is -0.140. The lowest BCUT2D eigenvalue weighted by atomic mass is 9.74. The molecule has 1 aliphatic rings. The third-order valence-electron chi connectivity index (χ3n) is 2.99. The second kappa shape index (κ2) is 5.14. The number of hydrogen-bond acceptors (Lipinski definition) is 3. The molecular formula is C11H18N2O. The molecule has 0 aromatic carbocycles. The Morgan fingerprint density at radius 2 is 2.43 bits per heavy atom. The van der Waals surface area contributed by atoms with E-state index in [1.807, 2.05) is 6.08 Å². The van der Waals surface area contributed by atoms with Gasteiger partial charge in [0.2, 0.25) is 0 Å². The first-order chi connectivity index (χ1) is 6.72.